The summed E-state index contributed by atoms with van der Waals surface area (Å²) in [5.41, 5.74) is 1.40. The zero-order valence-corrected chi connectivity index (χ0v) is 10.3. The summed E-state index contributed by atoms with van der Waals surface area (Å²) in [6.45, 7) is 5.50. The van der Waals surface area contributed by atoms with Crippen LogP contribution in [0.3, 0.4) is 0 Å². The van der Waals surface area contributed by atoms with E-state index >= 15 is 0 Å². The average Bonchev–Trinajstić information content (AvgIpc) is 2.15. The van der Waals surface area contributed by atoms with Crippen LogP contribution in [0.15, 0.2) is 24.3 Å². The Labute approximate surface area is 94.1 Å². The quantitative estimate of drug-likeness (QED) is 0.838. The van der Waals surface area contributed by atoms with Gasteiger partial charge in [-0.15, -0.1) is 0 Å². The largest absolute Gasteiger partial charge is 0.310 e. The molecule has 0 spiro atoms. The summed E-state index contributed by atoms with van der Waals surface area (Å²) < 4.78 is 1.34. The van der Waals surface area contributed by atoms with Gasteiger partial charge >= 0.3 is 0 Å². The molecule has 13 heavy (non-hydrogen) atoms. The van der Waals surface area contributed by atoms with Crippen molar-refractivity contribution in [2.45, 2.75) is 26.3 Å². The lowest BCUT2D eigenvalue weighted by Gasteiger charge is -2.14. The van der Waals surface area contributed by atoms with Crippen LogP contribution >= 0.6 is 22.6 Å². The van der Waals surface area contributed by atoms with Crippen molar-refractivity contribution in [1.82, 2.24) is 5.32 Å². The van der Waals surface area contributed by atoms with Crippen LogP contribution in [0.1, 0.15) is 31.9 Å². The molecule has 1 rings (SSSR count). The second kappa shape index (κ2) is 5.60. The molecule has 0 aliphatic heterocycles. The van der Waals surface area contributed by atoms with Gasteiger partial charge in [0.1, 0.15) is 0 Å². The SMILES string of the molecule is CCCNC(C)c1ccccc1I. The van der Waals surface area contributed by atoms with Crippen molar-refractivity contribution in [3.8, 4) is 0 Å². The molecule has 1 aromatic carbocycles. The van der Waals surface area contributed by atoms with E-state index in [-0.39, 0.29) is 0 Å². The highest BCUT2D eigenvalue weighted by molar-refractivity contribution is 14.1. The molecule has 1 aromatic rings. The van der Waals surface area contributed by atoms with Crippen LogP contribution in [0, 0.1) is 3.57 Å². The Morgan fingerprint density at radius 2 is 2.08 bits per heavy atom. The summed E-state index contributed by atoms with van der Waals surface area (Å²) in [5, 5.41) is 3.48. The minimum atomic E-state index is 0.466. The Kier molecular flexibility index (Phi) is 4.73. The molecule has 0 amide bonds. The van der Waals surface area contributed by atoms with Crippen LogP contribution in [0.5, 0.6) is 0 Å². The van der Waals surface area contributed by atoms with Gasteiger partial charge in [-0.05, 0) is 54.1 Å². The van der Waals surface area contributed by atoms with E-state index in [2.05, 4.69) is 66.0 Å². The van der Waals surface area contributed by atoms with E-state index in [9.17, 15) is 0 Å². The molecule has 0 radical (unpaired) electrons. The van der Waals surface area contributed by atoms with E-state index in [1.54, 1.807) is 0 Å². The molecule has 2 heteroatoms. The van der Waals surface area contributed by atoms with Crippen LogP contribution in [0.4, 0.5) is 0 Å². The summed E-state index contributed by atoms with van der Waals surface area (Å²) in [6, 6.07) is 8.99. The zero-order valence-electron chi connectivity index (χ0n) is 8.18. The van der Waals surface area contributed by atoms with Gasteiger partial charge in [0, 0.05) is 9.61 Å². The van der Waals surface area contributed by atoms with Crippen LogP contribution in [0.25, 0.3) is 0 Å². The molecular weight excluding hydrogens is 273 g/mol. The standard InChI is InChI=1S/C11H16IN/c1-3-8-13-9(2)10-6-4-5-7-11(10)12/h4-7,9,13H,3,8H2,1-2H3. The summed E-state index contributed by atoms with van der Waals surface area (Å²) in [6.07, 6.45) is 1.19. The van der Waals surface area contributed by atoms with Gasteiger partial charge in [-0.25, -0.2) is 0 Å². The minimum absolute atomic E-state index is 0.466. The lowest BCUT2D eigenvalue weighted by Crippen LogP contribution is -2.19. The fourth-order valence-electron chi connectivity index (χ4n) is 1.30. The molecule has 0 bridgehead atoms. The van der Waals surface area contributed by atoms with Gasteiger partial charge < -0.3 is 5.32 Å². The monoisotopic (exact) mass is 289 g/mol. The van der Waals surface area contributed by atoms with E-state index in [0.29, 0.717) is 6.04 Å². The fraction of sp³-hybridized carbons (Fsp3) is 0.455. The highest BCUT2D eigenvalue weighted by Crippen LogP contribution is 2.18. The van der Waals surface area contributed by atoms with Crippen molar-refractivity contribution in [3.05, 3.63) is 33.4 Å². The van der Waals surface area contributed by atoms with Gasteiger partial charge in [-0.1, -0.05) is 25.1 Å². The number of nitrogens with one attached hydrogen (secondary N) is 1. The molecular formula is C11H16IN. The molecule has 0 aliphatic carbocycles. The molecule has 0 aromatic heterocycles. The van der Waals surface area contributed by atoms with Gasteiger partial charge in [-0.3, -0.25) is 0 Å². The predicted octanol–water partition coefficient (Wildman–Crippen LogP) is 3.35. The van der Waals surface area contributed by atoms with Crippen LogP contribution in [-0.4, -0.2) is 6.54 Å². The van der Waals surface area contributed by atoms with Crippen LogP contribution < -0.4 is 5.32 Å². The van der Waals surface area contributed by atoms with Crippen LogP contribution in [0.2, 0.25) is 0 Å². The third kappa shape index (κ3) is 3.27. The molecule has 72 valence electrons. The van der Waals surface area contributed by atoms with Gasteiger partial charge in [0.15, 0.2) is 0 Å². The first-order chi connectivity index (χ1) is 6.25. The molecule has 0 fully saturated rings. The average molecular weight is 289 g/mol. The topological polar surface area (TPSA) is 12.0 Å². The Balaban J connectivity index is 2.65. The van der Waals surface area contributed by atoms with E-state index in [1.807, 2.05) is 0 Å². The van der Waals surface area contributed by atoms with Gasteiger partial charge in [0.05, 0.1) is 0 Å². The maximum atomic E-state index is 3.48. The fourth-order valence-corrected chi connectivity index (χ4v) is 2.15. The highest BCUT2D eigenvalue weighted by Gasteiger charge is 2.06. The molecule has 0 heterocycles. The first-order valence-corrected chi connectivity index (χ1v) is 5.81. The summed E-state index contributed by atoms with van der Waals surface area (Å²) in [4.78, 5) is 0. The Hall–Kier alpha value is -0.0900. The Bertz CT molecular complexity index is 260. The number of rotatable bonds is 4. The van der Waals surface area contributed by atoms with Crippen molar-refractivity contribution in [2.24, 2.45) is 0 Å². The van der Waals surface area contributed by atoms with Crippen molar-refractivity contribution >= 4 is 22.6 Å². The third-order valence-electron chi connectivity index (χ3n) is 2.07. The summed E-state index contributed by atoms with van der Waals surface area (Å²) in [7, 11) is 0. The van der Waals surface area contributed by atoms with Crippen molar-refractivity contribution in [3.63, 3.8) is 0 Å². The summed E-state index contributed by atoms with van der Waals surface area (Å²) >= 11 is 2.39. The molecule has 1 atom stereocenters. The lowest BCUT2D eigenvalue weighted by molar-refractivity contribution is 0.569. The van der Waals surface area contributed by atoms with Crippen LogP contribution in [-0.2, 0) is 0 Å². The smallest absolute Gasteiger partial charge is 0.0302 e. The zero-order chi connectivity index (χ0) is 9.68. The first kappa shape index (κ1) is 11.0. The number of hydrogen-bond acceptors (Lipinski definition) is 1. The van der Waals surface area contributed by atoms with E-state index < -0.39 is 0 Å². The minimum Gasteiger partial charge on any atom is -0.310 e. The molecule has 0 saturated carbocycles. The second-order valence-corrected chi connectivity index (χ2v) is 4.36. The molecule has 0 saturated heterocycles. The Morgan fingerprint density at radius 3 is 2.69 bits per heavy atom. The third-order valence-corrected chi connectivity index (χ3v) is 3.05. The number of halogens is 1. The first-order valence-electron chi connectivity index (χ1n) is 4.73. The second-order valence-electron chi connectivity index (χ2n) is 3.20. The van der Waals surface area contributed by atoms with E-state index in [1.165, 1.54) is 15.6 Å². The maximum absolute atomic E-state index is 3.48. The maximum Gasteiger partial charge on any atom is 0.0302 e. The summed E-state index contributed by atoms with van der Waals surface area (Å²) in [5.74, 6) is 0. The van der Waals surface area contributed by atoms with E-state index in [0.717, 1.165) is 6.54 Å². The van der Waals surface area contributed by atoms with Gasteiger partial charge in [0.25, 0.3) is 0 Å². The van der Waals surface area contributed by atoms with Gasteiger partial charge in [0.2, 0.25) is 0 Å². The van der Waals surface area contributed by atoms with Crippen molar-refractivity contribution in [1.29, 1.82) is 0 Å². The van der Waals surface area contributed by atoms with E-state index in [4.69, 9.17) is 0 Å². The van der Waals surface area contributed by atoms with Crippen molar-refractivity contribution < 1.29 is 0 Å². The molecule has 0 aliphatic rings. The molecule has 1 unspecified atom stereocenters. The number of hydrogen-bond donors (Lipinski definition) is 1. The predicted molar refractivity (Wildman–Crippen MR) is 65.9 cm³/mol. The molecule has 1 N–H and O–H groups in total. The number of benzene rings is 1. The molecule has 1 nitrogen and oxygen atoms in total. The van der Waals surface area contributed by atoms with Crippen molar-refractivity contribution in [2.75, 3.05) is 6.54 Å². The lowest BCUT2D eigenvalue weighted by atomic mass is 10.1. The van der Waals surface area contributed by atoms with Gasteiger partial charge in [-0.2, -0.15) is 0 Å². The highest BCUT2D eigenvalue weighted by atomic mass is 127. The Morgan fingerprint density at radius 1 is 1.38 bits per heavy atom. The normalized spacial score (nSPS) is 12.8.